The molecule has 6 nitrogen and oxygen atoms in total. The number of benzene rings is 1. The number of piperazine rings is 1. The number of hydrogen-bond donors (Lipinski definition) is 2. The number of carbonyl (C=O) groups is 1. The van der Waals surface area contributed by atoms with E-state index in [4.69, 9.17) is 9.84 Å². The van der Waals surface area contributed by atoms with Crippen molar-refractivity contribution in [2.75, 3.05) is 51.8 Å². The molecular weight excluding hydrogens is 270 g/mol. The third kappa shape index (κ3) is 3.86. The van der Waals surface area contributed by atoms with E-state index in [2.05, 4.69) is 21.2 Å². The summed E-state index contributed by atoms with van der Waals surface area (Å²) in [5.41, 5.74) is 1.10. The van der Waals surface area contributed by atoms with Crippen LogP contribution in [0.5, 0.6) is 5.75 Å². The van der Waals surface area contributed by atoms with Crippen LogP contribution in [-0.2, 0) is 4.79 Å². The van der Waals surface area contributed by atoms with Gasteiger partial charge >= 0.3 is 5.97 Å². The first-order chi connectivity index (χ1) is 10.2. The van der Waals surface area contributed by atoms with Gasteiger partial charge in [0.15, 0.2) is 0 Å². The molecule has 6 heteroatoms. The van der Waals surface area contributed by atoms with Crippen LogP contribution < -0.4 is 15.0 Å². The second-order valence-electron chi connectivity index (χ2n) is 5.14. The molecule has 0 amide bonds. The lowest BCUT2D eigenvalue weighted by atomic mass is 10.2. The van der Waals surface area contributed by atoms with Crippen LogP contribution in [0.25, 0.3) is 0 Å². The van der Waals surface area contributed by atoms with Gasteiger partial charge in [-0.1, -0.05) is 12.1 Å². The van der Waals surface area contributed by atoms with Crippen molar-refractivity contribution in [1.82, 2.24) is 10.2 Å². The predicted octanol–water partition coefficient (Wildman–Crippen LogP) is 0.490. The molecule has 1 unspecified atom stereocenters. The zero-order valence-corrected chi connectivity index (χ0v) is 12.6. The second-order valence-corrected chi connectivity index (χ2v) is 5.14. The van der Waals surface area contributed by atoms with Gasteiger partial charge in [0.25, 0.3) is 0 Å². The normalized spacial score (nSPS) is 17.5. The minimum atomic E-state index is -0.801. The maximum absolute atomic E-state index is 11.1. The first-order valence-corrected chi connectivity index (χ1v) is 7.16. The number of likely N-dealkylation sites (N-methyl/N-ethyl adjacent to an activating group) is 1. The molecule has 1 aliphatic rings. The monoisotopic (exact) mass is 293 g/mol. The van der Waals surface area contributed by atoms with Crippen LogP contribution in [-0.4, -0.2) is 68.9 Å². The number of para-hydroxylation sites is 2. The van der Waals surface area contributed by atoms with Crippen molar-refractivity contribution in [2.45, 2.75) is 6.04 Å². The van der Waals surface area contributed by atoms with E-state index in [1.165, 1.54) is 0 Å². The molecule has 1 heterocycles. The smallest absolute Gasteiger partial charge is 0.322 e. The topological polar surface area (TPSA) is 65.0 Å². The number of rotatable bonds is 6. The fourth-order valence-corrected chi connectivity index (χ4v) is 2.61. The van der Waals surface area contributed by atoms with Gasteiger partial charge in [0.2, 0.25) is 0 Å². The first-order valence-electron chi connectivity index (χ1n) is 7.16. The Balaban J connectivity index is 1.92. The lowest BCUT2D eigenvalue weighted by Crippen LogP contribution is -2.52. The Bertz CT molecular complexity index is 473. The number of anilines is 1. The number of aliphatic carboxylic acids is 1. The summed E-state index contributed by atoms with van der Waals surface area (Å²) in [6, 6.07) is 7.47. The number of carboxylic acids is 1. The van der Waals surface area contributed by atoms with E-state index in [0.717, 1.165) is 37.6 Å². The molecular formula is C15H23N3O3. The Hall–Kier alpha value is -1.79. The molecule has 0 saturated carbocycles. The Labute approximate surface area is 125 Å². The van der Waals surface area contributed by atoms with Crippen LogP contribution in [0.2, 0.25) is 0 Å². The Morgan fingerprint density at radius 3 is 2.57 bits per heavy atom. The third-order valence-electron chi connectivity index (χ3n) is 3.89. The fraction of sp³-hybridized carbons (Fsp3) is 0.533. The van der Waals surface area contributed by atoms with Gasteiger partial charge in [0, 0.05) is 32.7 Å². The van der Waals surface area contributed by atoms with Gasteiger partial charge in [-0.2, -0.15) is 0 Å². The molecule has 2 N–H and O–H groups in total. The summed E-state index contributed by atoms with van der Waals surface area (Å²) >= 11 is 0. The summed E-state index contributed by atoms with van der Waals surface area (Å²) < 4.78 is 5.40. The van der Waals surface area contributed by atoms with E-state index in [1.807, 2.05) is 18.2 Å². The van der Waals surface area contributed by atoms with Crippen LogP contribution in [0.15, 0.2) is 24.3 Å². The maximum atomic E-state index is 11.1. The molecule has 0 bridgehead atoms. The van der Waals surface area contributed by atoms with Gasteiger partial charge in [0.1, 0.15) is 11.8 Å². The second kappa shape index (κ2) is 7.28. The van der Waals surface area contributed by atoms with Crippen molar-refractivity contribution in [3.8, 4) is 5.75 Å². The SMILES string of the molecule is CNC(CN1CCN(c2ccccc2OC)CC1)C(=O)O. The molecule has 1 atom stereocenters. The van der Waals surface area contributed by atoms with Gasteiger partial charge in [-0.05, 0) is 19.2 Å². The Morgan fingerprint density at radius 2 is 2.00 bits per heavy atom. The zero-order valence-electron chi connectivity index (χ0n) is 12.6. The van der Waals surface area contributed by atoms with E-state index in [1.54, 1.807) is 14.2 Å². The largest absolute Gasteiger partial charge is 0.495 e. The minimum Gasteiger partial charge on any atom is -0.495 e. The number of ether oxygens (including phenoxy) is 1. The molecule has 1 aromatic rings. The van der Waals surface area contributed by atoms with Crippen molar-refractivity contribution < 1.29 is 14.6 Å². The highest BCUT2D eigenvalue weighted by Gasteiger charge is 2.23. The number of nitrogens with zero attached hydrogens (tertiary/aromatic N) is 2. The van der Waals surface area contributed by atoms with Crippen molar-refractivity contribution in [1.29, 1.82) is 0 Å². The van der Waals surface area contributed by atoms with Crippen molar-refractivity contribution in [2.24, 2.45) is 0 Å². The van der Waals surface area contributed by atoms with Crippen molar-refractivity contribution in [3.63, 3.8) is 0 Å². The quantitative estimate of drug-likeness (QED) is 0.796. The van der Waals surface area contributed by atoms with E-state index in [9.17, 15) is 4.79 Å². The average Bonchev–Trinajstić information content (AvgIpc) is 2.52. The molecule has 21 heavy (non-hydrogen) atoms. The van der Waals surface area contributed by atoms with E-state index < -0.39 is 12.0 Å². The van der Waals surface area contributed by atoms with Gasteiger partial charge in [0.05, 0.1) is 12.8 Å². The Morgan fingerprint density at radius 1 is 1.33 bits per heavy atom. The predicted molar refractivity (Wildman–Crippen MR) is 82.1 cm³/mol. The number of nitrogens with one attached hydrogen (secondary N) is 1. The highest BCUT2D eigenvalue weighted by atomic mass is 16.5. The molecule has 0 spiro atoms. The standard InChI is InChI=1S/C15H23N3O3/c1-16-12(15(19)20)11-17-7-9-18(10-8-17)13-5-3-4-6-14(13)21-2/h3-6,12,16H,7-11H2,1-2H3,(H,19,20). The molecule has 0 aliphatic carbocycles. The molecule has 0 aromatic heterocycles. The molecule has 1 saturated heterocycles. The summed E-state index contributed by atoms with van der Waals surface area (Å²) in [7, 11) is 3.36. The summed E-state index contributed by atoms with van der Waals surface area (Å²) in [5.74, 6) is 0.0780. The zero-order chi connectivity index (χ0) is 15.2. The van der Waals surface area contributed by atoms with Crippen molar-refractivity contribution in [3.05, 3.63) is 24.3 Å². The molecule has 1 fully saturated rings. The van der Waals surface area contributed by atoms with Crippen molar-refractivity contribution >= 4 is 11.7 Å². The average molecular weight is 293 g/mol. The fourth-order valence-electron chi connectivity index (χ4n) is 2.61. The summed E-state index contributed by atoms with van der Waals surface area (Å²) in [6.45, 7) is 3.98. The highest BCUT2D eigenvalue weighted by Crippen LogP contribution is 2.28. The number of carboxylic acid groups (broad SMARTS) is 1. The van der Waals surface area contributed by atoms with E-state index >= 15 is 0 Å². The minimum absolute atomic E-state index is 0.511. The summed E-state index contributed by atoms with van der Waals surface area (Å²) in [6.07, 6.45) is 0. The molecule has 116 valence electrons. The third-order valence-corrected chi connectivity index (χ3v) is 3.89. The number of hydrogen-bond acceptors (Lipinski definition) is 5. The first kappa shape index (κ1) is 15.6. The van der Waals surface area contributed by atoms with E-state index in [0.29, 0.717) is 6.54 Å². The van der Waals surface area contributed by atoms with Crippen LogP contribution >= 0.6 is 0 Å². The van der Waals surface area contributed by atoms with Gasteiger partial charge in [-0.3, -0.25) is 9.69 Å². The van der Waals surface area contributed by atoms with Crippen LogP contribution in [0, 0.1) is 0 Å². The summed E-state index contributed by atoms with van der Waals surface area (Å²) in [4.78, 5) is 15.5. The lowest BCUT2D eigenvalue weighted by Gasteiger charge is -2.37. The van der Waals surface area contributed by atoms with Crippen LogP contribution in [0.4, 0.5) is 5.69 Å². The number of methoxy groups -OCH3 is 1. The summed E-state index contributed by atoms with van der Waals surface area (Å²) in [5, 5.41) is 11.9. The van der Waals surface area contributed by atoms with Gasteiger partial charge in [-0.15, -0.1) is 0 Å². The van der Waals surface area contributed by atoms with Crippen LogP contribution in [0.1, 0.15) is 0 Å². The maximum Gasteiger partial charge on any atom is 0.322 e. The van der Waals surface area contributed by atoms with Gasteiger partial charge < -0.3 is 20.1 Å². The van der Waals surface area contributed by atoms with E-state index in [-0.39, 0.29) is 0 Å². The molecule has 1 aliphatic heterocycles. The Kier molecular flexibility index (Phi) is 5.41. The molecule has 2 rings (SSSR count). The molecule has 1 aromatic carbocycles. The highest BCUT2D eigenvalue weighted by molar-refractivity contribution is 5.73. The molecule has 0 radical (unpaired) electrons. The van der Waals surface area contributed by atoms with Gasteiger partial charge in [-0.25, -0.2) is 0 Å². The van der Waals surface area contributed by atoms with Crippen LogP contribution in [0.3, 0.4) is 0 Å². The lowest BCUT2D eigenvalue weighted by molar-refractivity contribution is -0.139.